The van der Waals surface area contributed by atoms with Crippen LogP contribution in [0.5, 0.6) is 5.75 Å². The molecular weight excluding hydrogens is 226 g/mol. The van der Waals surface area contributed by atoms with Gasteiger partial charge in [-0.05, 0) is 43.2 Å². The van der Waals surface area contributed by atoms with Crippen LogP contribution in [0.25, 0.3) is 0 Å². The minimum Gasteiger partial charge on any atom is -0.488 e. The lowest BCUT2D eigenvalue weighted by molar-refractivity contribution is 0.100. The molecule has 1 heterocycles. The van der Waals surface area contributed by atoms with Gasteiger partial charge in [0.1, 0.15) is 17.3 Å². The summed E-state index contributed by atoms with van der Waals surface area (Å²) in [5, 5.41) is 7.51. The molecule has 0 radical (unpaired) electrons. The van der Waals surface area contributed by atoms with E-state index in [9.17, 15) is 0 Å². The highest BCUT2D eigenvalue weighted by atomic mass is 16.5. The average molecular weight is 247 g/mol. The van der Waals surface area contributed by atoms with Gasteiger partial charge in [-0.3, -0.25) is 5.41 Å². The first-order valence-corrected chi connectivity index (χ1v) is 6.52. The van der Waals surface area contributed by atoms with Crippen LogP contribution >= 0.6 is 0 Å². The summed E-state index contributed by atoms with van der Waals surface area (Å²) >= 11 is 0. The molecule has 0 aromatic carbocycles. The molecular formula is C14H21N3O. The van der Waals surface area contributed by atoms with E-state index in [0.717, 1.165) is 12.8 Å². The van der Waals surface area contributed by atoms with E-state index in [-0.39, 0.29) is 11.9 Å². The van der Waals surface area contributed by atoms with E-state index in [1.165, 1.54) is 6.42 Å². The molecule has 3 N–H and O–H groups in total. The number of nitrogens with zero attached hydrogens (tertiary/aromatic N) is 1. The molecule has 1 aromatic heterocycles. The van der Waals surface area contributed by atoms with Gasteiger partial charge in [0.2, 0.25) is 0 Å². The van der Waals surface area contributed by atoms with Crippen molar-refractivity contribution in [3.05, 3.63) is 24.0 Å². The predicted octanol–water partition coefficient (Wildman–Crippen LogP) is 2.57. The number of nitrogens with one attached hydrogen (secondary N) is 1. The van der Waals surface area contributed by atoms with Gasteiger partial charge < -0.3 is 10.5 Å². The highest BCUT2D eigenvalue weighted by molar-refractivity contribution is 5.95. The molecule has 0 aliphatic heterocycles. The van der Waals surface area contributed by atoms with Crippen molar-refractivity contribution in [1.29, 1.82) is 5.41 Å². The van der Waals surface area contributed by atoms with Crippen molar-refractivity contribution in [1.82, 2.24) is 4.98 Å². The van der Waals surface area contributed by atoms with Crippen LogP contribution in [0.4, 0.5) is 0 Å². The zero-order valence-electron chi connectivity index (χ0n) is 11.0. The Morgan fingerprint density at radius 3 is 2.61 bits per heavy atom. The lowest BCUT2D eigenvalue weighted by Crippen LogP contribution is -2.29. The lowest BCUT2D eigenvalue weighted by atomic mass is 9.82. The molecule has 1 aliphatic carbocycles. The van der Waals surface area contributed by atoms with E-state index >= 15 is 0 Å². The summed E-state index contributed by atoms with van der Waals surface area (Å²) in [7, 11) is 0. The molecule has 1 saturated carbocycles. The number of rotatable bonds is 3. The summed E-state index contributed by atoms with van der Waals surface area (Å²) in [4.78, 5) is 4.11. The summed E-state index contributed by atoms with van der Waals surface area (Å²) in [5.41, 5.74) is 5.96. The second kappa shape index (κ2) is 5.38. The van der Waals surface area contributed by atoms with E-state index in [1.807, 2.05) is 12.1 Å². The molecule has 0 bridgehead atoms. The van der Waals surface area contributed by atoms with Gasteiger partial charge in [0, 0.05) is 6.20 Å². The van der Waals surface area contributed by atoms with Crippen molar-refractivity contribution in [3.8, 4) is 5.75 Å². The third-order valence-corrected chi connectivity index (χ3v) is 3.45. The standard InChI is InChI=1S/C14H21N3O/c1-9-6-10(2)8-11(7-9)18-12-4-3-5-17-13(12)14(15)16/h3-5,9-11H,6-8H2,1-2H3,(H3,15,16). The first-order chi connectivity index (χ1) is 8.56. The Labute approximate surface area is 108 Å². The molecule has 0 saturated heterocycles. The largest absolute Gasteiger partial charge is 0.488 e. The van der Waals surface area contributed by atoms with Crippen LogP contribution in [0.2, 0.25) is 0 Å². The monoisotopic (exact) mass is 247 g/mol. The normalized spacial score (nSPS) is 27.8. The Kier molecular flexibility index (Phi) is 3.84. The van der Waals surface area contributed by atoms with Crippen LogP contribution < -0.4 is 10.5 Å². The zero-order chi connectivity index (χ0) is 13.1. The number of hydrogen-bond donors (Lipinski definition) is 2. The van der Waals surface area contributed by atoms with Crippen molar-refractivity contribution in [2.24, 2.45) is 17.6 Å². The minimum absolute atomic E-state index is 0.0393. The maximum Gasteiger partial charge on any atom is 0.149 e. The molecule has 1 fully saturated rings. The molecule has 1 aliphatic rings. The zero-order valence-corrected chi connectivity index (χ0v) is 11.0. The summed E-state index contributed by atoms with van der Waals surface area (Å²) in [6.45, 7) is 4.53. The van der Waals surface area contributed by atoms with Crippen LogP contribution in [-0.2, 0) is 0 Å². The predicted molar refractivity (Wildman–Crippen MR) is 71.8 cm³/mol. The Balaban J connectivity index is 2.11. The van der Waals surface area contributed by atoms with Gasteiger partial charge in [0.25, 0.3) is 0 Å². The van der Waals surface area contributed by atoms with Gasteiger partial charge >= 0.3 is 0 Å². The van der Waals surface area contributed by atoms with Crippen LogP contribution in [0.15, 0.2) is 18.3 Å². The summed E-state index contributed by atoms with van der Waals surface area (Å²) in [6, 6.07) is 3.66. The molecule has 4 heteroatoms. The fourth-order valence-electron chi connectivity index (χ4n) is 2.84. The summed E-state index contributed by atoms with van der Waals surface area (Å²) in [5.74, 6) is 1.98. The highest BCUT2D eigenvalue weighted by Gasteiger charge is 2.26. The van der Waals surface area contributed by atoms with Crippen LogP contribution in [0.1, 0.15) is 38.8 Å². The Morgan fingerprint density at radius 1 is 1.33 bits per heavy atom. The Bertz CT molecular complexity index is 423. The van der Waals surface area contributed by atoms with E-state index in [4.69, 9.17) is 15.9 Å². The van der Waals surface area contributed by atoms with Gasteiger partial charge in [0.05, 0.1) is 6.10 Å². The number of aromatic nitrogens is 1. The second-order valence-electron chi connectivity index (χ2n) is 5.42. The van der Waals surface area contributed by atoms with Gasteiger partial charge in [-0.25, -0.2) is 4.98 Å². The molecule has 0 spiro atoms. The Morgan fingerprint density at radius 2 is 2.00 bits per heavy atom. The molecule has 0 amide bonds. The molecule has 1 aromatic rings. The summed E-state index contributed by atoms with van der Waals surface area (Å²) < 4.78 is 6.01. The van der Waals surface area contributed by atoms with Crippen molar-refractivity contribution in [2.45, 2.75) is 39.2 Å². The van der Waals surface area contributed by atoms with E-state index in [0.29, 0.717) is 23.3 Å². The average Bonchev–Trinajstić information content (AvgIpc) is 2.27. The SMILES string of the molecule is CC1CC(C)CC(Oc2cccnc2C(=N)N)C1. The first kappa shape index (κ1) is 12.9. The molecule has 18 heavy (non-hydrogen) atoms. The molecule has 4 nitrogen and oxygen atoms in total. The van der Waals surface area contributed by atoms with Crippen molar-refractivity contribution in [2.75, 3.05) is 0 Å². The highest BCUT2D eigenvalue weighted by Crippen LogP contribution is 2.31. The number of ether oxygens (including phenoxy) is 1. The summed E-state index contributed by atoms with van der Waals surface area (Å²) in [6.07, 6.45) is 5.25. The smallest absolute Gasteiger partial charge is 0.149 e. The molecule has 2 atom stereocenters. The Hall–Kier alpha value is -1.58. The minimum atomic E-state index is -0.0393. The van der Waals surface area contributed by atoms with Crippen LogP contribution in [-0.4, -0.2) is 16.9 Å². The first-order valence-electron chi connectivity index (χ1n) is 6.52. The number of hydrogen-bond acceptors (Lipinski definition) is 3. The quantitative estimate of drug-likeness (QED) is 0.637. The maximum absolute atomic E-state index is 7.51. The number of amidine groups is 1. The maximum atomic E-state index is 7.51. The fraction of sp³-hybridized carbons (Fsp3) is 0.571. The van der Waals surface area contributed by atoms with Gasteiger partial charge in [-0.15, -0.1) is 0 Å². The van der Waals surface area contributed by atoms with Crippen molar-refractivity contribution in [3.63, 3.8) is 0 Å². The third kappa shape index (κ3) is 3.00. The molecule has 2 rings (SSSR count). The molecule has 2 unspecified atom stereocenters. The van der Waals surface area contributed by atoms with E-state index < -0.39 is 0 Å². The van der Waals surface area contributed by atoms with E-state index in [2.05, 4.69) is 18.8 Å². The topological polar surface area (TPSA) is 72.0 Å². The van der Waals surface area contributed by atoms with Crippen LogP contribution in [0.3, 0.4) is 0 Å². The number of nitrogen functional groups attached to an aromatic ring is 1. The van der Waals surface area contributed by atoms with Crippen molar-refractivity contribution >= 4 is 5.84 Å². The fourth-order valence-corrected chi connectivity index (χ4v) is 2.84. The second-order valence-corrected chi connectivity index (χ2v) is 5.42. The van der Waals surface area contributed by atoms with Gasteiger partial charge in [-0.2, -0.15) is 0 Å². The van der Waals surface area contributed by atoms with Gasteiger partial charge in [0.15, 0.2) is 0 Å². The van der Waals surface area contributed by atoms with Crippen molar-refractivity contribution < 1.29 is 4.74 Å². The molecule has 98 valence electrons. The number of nitrogens with two attached hydrogens (primary N) is 1. The van der Waals surface area contributed by atoms with Crippen LogP contribution in [0, 0.1) is 17.2 Å². The number of pyridine rings is 1. The third-order valence-electron chi connectivity index (χ3n) is 3.45. The van der Waals surface area contributed by atoms with Gasteiger partial charge in [-0.1, -0.05) is 13.8 Å². The van der Waals surface area contributed by atoms with E-state index in [1.54, 1.807) is 6.20 Å². The lowest BCUT2D eigenvalue weighted by Gasteiger charge is -2.32.